The molecule has 2 atom stereocenters. The maximum Gasteiger partial charge on any atom is 0.295 e. The van der Waals surface area contributed by atoms with Crippen molar-refractivity contribution >= 4 is 17.4 Å². The number of nitrogens with zero attached hydrogens (tertiary/aromatic N) is 1. The van der Waals surface area contributed by atoms with Crippen molar-refractivity contribution in [2.24, 2.45) is 0 Å². The lowest BCUT2D eigenvalue weighted by Crippen LogP contribution is -2.36. The van der Waals surface area contributed by atoms with E-state index in [1.807, 2.05) is 36.4 Å². The molecular weight excluding hydrogens is 342 g/mol. The molecule has 0 spiro atoms. The summed E-state index contributed by atoms with van der Waals surface area (Å²) in [5, 5.41) is 10.9. The van der Waals surface area contributed by atoms with Crippen LogP contribution in [0.15, 0.2) is 66.2 Å². The summed E-state index contributed by atoms with van der Waals surface area (Å²) in [7, 11) is 0. The fraction of sp³-hybridized carbons (Fsp3) is 0.273. The number of benzene rings is 2. The van der Waals surface area contributed by atoms with E-state index in [0.717, 1.165) is 18.4 Å². The number of hydrogen-bond donors (Lipinski definition) is 1. The molecule has 2 aromatic rings. The van der Waals surface area contributed by atoms with Gasteiger partial charge in [0.05, 0.1) is 17.7 Å². The maximum atomic E-state index is 12.8. The van der Waals surface area contributed by atoms with Crippen LogP contribution in [0.3, 0.4) is 0 Å². The summed E-state index contributed by atoms with van der Waals surface area (Å²) in [6.45, 7) is 1.02. The Bertz CT molecular complexity index is 870. The molecule has 0 radical (unpaired) electrons. The molecule has 2 aromatic carbocycles. The fourth-order valence-corrected chi connectivity index (χ4v) is 3.81. The predicted octanol–water partition coefficient (Wildman–Crippen LogP) is 3.29. The molecule has 2 saturated heterocycles. The molecule has 0 aliphatic carbocycles. The number of ether oxygens (including phenoxy) is 1. The van der Waals surface area contributed by atoms with Gasteiger partial charge in [0.25, 0.3) is 11.7 Å². The number of carbonyl (C=O) groups excluding carboxylic acids is 2. The van der Waals surface area contributed by atoms with Crippen molar-refractivity contribution in [1.82, 2.24) is 4.90 Å². The average molecular weight is 363 g/mol. The van der Waals surface area contributed by atoms with Gasteiger partial charge in [0.15, 0.2) is 0 Å². The molecule has 5 nitrogen and oxygen atoms in total. The van der Waals surface area contributed by atoms with Gasteiger partial charge in [-0.1, -0.05) is 60.7 Å². The Kier molecular flexibility index (Phi) is 4.77. The lowest BCUT2D eigenvalue weighted by atomic mass is 9.95. The van der Waals surface area contributed by atoms with E-state index in [-0.39, 0.29) is 17.4 Å². The number of ketones is 1. The Morgan fingerprint density at radius 2 is 1.70 bits per heavy atom. The normalized spacial score (nSPS) is 24.5. The monoisotopic (exact) mass is 363 g/mol. The number of hydrogen-bond acceptors (Lipinski definition) is 4. The molecular formula is C22H21NO4. The summed E-state index contributed by atoms with van der Waals surface area (Å²) >= 11 is 0. The minimum absolute atomic E-state index is 0.0776. The van der Waals surface area contributed by atoms with Crippen LogP contribution < -0.4 is 0 Å². The van der Waals surface area contributed by atoms with Crippen LogP contribution in [0.1, 0.15) is 30.0 Å². The molecule has 1 amide bonds. The molecule has 0 unspecified atom stereocenters. The first-order valence-corrected chi connectivity index (χ1v) is 9.17. The summed E-state index contributed by atoms with van der Waals surface area (Å²) < 4.78 is 5.68. The van der Waals surface area contributed by atoms with Crippen LogP contribution in [0.5, 0.6) is 0 Å². The van der Waals surface area contributed by atoms with Gasteiger partial charge in [0, 0.05) is 18.7 Å². The second-order valence-corrected chi connectivity index (χ2v) is 6.86. The van der Waals surface area contributed by atoms with Crippen molar-refractivity contribution < 1.29 is 19.4 Å². The molecule has 0 bridgehead atoms. The molecule has 2 heterocycles. The number of carbonyl (C=O) groups is 2. The van der Waals surface area contributed by atoms with Crippen molar-refractivity contribution in [1.29, 1.82) is 0 Å². The predicted molar refractivity (Wildman–Crippen MR) is 101 cm³/mol. The summed E-state index contributed by atoms with van der Waals surface area (Å²) in [4.78, 5) is 27.2. The number of aliphatic hydroxyl groups excluding tert-OH is 1. The molecule has 27 heavy (non-hydrogen) atoms. The zero-order valence-electron chi connectivity index (χ0n) is 14.9. The Labute approximate surface area is 157 Å². The van der Waals surface area contributed by atoms with E-state index in [0.29, 0.717) is 18.7 Å². The molecule has 5 heteroatoms. The van der Waals surface area contributed by atoms with Crippen LogP contribution in [-0.4, -0.2) is 41.0 Å². The SMILES string of the molecule is O=C1C(=O)N(C[C@H]2CCCO2)[C@@H](c2ccccc2)/C1=C(\O)c1ccccc1. The topological polar surface area (TPSA) is 66.8 Å². The Morgan fingerprint density at radius 1 is 1.04 bits per heavy atom. The molecule has 4 rings (SSSR count). The van der Waals surface area contributed by atoms with E-state index < -0.39 is 17.7 Å². The highest BCUT2D eigenvalue weighted by atomic mass is 16.5. The van der Waals surface area contributed by atoms with E-state index in [1.54, 1.807) is 29.2 Å². The summed E-state index contributed by atoms with van der Waals surface area (Å²) in [6, 6.07) is 17.6. The largest absolute Gasteiger partial charge is 0.507 e. The van der Waals surface area contributed by atoms with Crippen LogP contribution in [0.25, 0.3) is 5.76 Å². The molecule has 2 aliphatic rings. The third kappa shape index (κ3) is 3.26. The fourth-order valence-electron chi connectivity index (χ4n) is 3.81. The van der Waals surface area contributed by atoms with Crippen LogP contribution >= 0.6 is 0 Å². The van der Waals surface area contributed by atoms with Gasteiger partial charge in [-0.05, 0) is 18.4 Å². The Balaban J connectivity index is 1.81. The third-order valence-electron chi connectivity index (χ3n) is 5.13. The van der Waals surface area contributed by atoms with Gasteiger partial charge in [-0.2, -0.15) is 0 Å². The smallest absolute Gasteiger partial charge is 0.295 e. The molecule has 138 valence electrons. The molecule has 2 aliphatic heterocycles. The van der Waals surface area contributed by atoms with Gasteiger partial charge in [0.2, 0.25) is 0 Å². The van der Waals surface area contributed by atoms with Crippen molar-refractivity contribution in [3.63, 3.8) is 0 Å². The van der Waals surface area contributed by atoms with E-state index in [2.05, 4.69) is 0 Å². The average Bonchev–Trinajstić information content (AvgIpc) is 3.31. The van der Waals surface area contributed by atoms with Gasteiger partial charge in [-0.25, -0.2) is 0 Å². The van der Waals surface area contributed by atoms with Crippen LogP contribution in [0.4, 0.5) is 0 Å². The van der Waals surface area contributed by atoms with E-state index >= 15 is 0 Å². The molecule has 0 saturated carbocycles. The highest BCUT2D eigenvalue weighted by Crippen LogP contribution is 2.39. The van der Waals surface area contributed by atoms with Crippen molar-refractivity contribution in [2.45, 2.75) is 25.0 Å². The zero-order chi connectivity index (χ0) is 18.8. The first-order valence-electron chi connectivity index (χ1n) is 9.17. The third-order valence-corrected chi connectivity index (χ3v) is 5.13. The second kappa shape index (κ2) is 7.37. The van der Waals surface area contributed by atoms with Gasteiger partial charge in [0.1, 0.15) is 5.76 Å². The summed E-state index contributed by atoms with van der Waals surface area (Å²) in [5.74, 6) is -1.38. The maximum absolute atomic E-state index is 12.8. The molecule has 1 N–H and O–H groups in total. The Morgan fingerprint density at radius 3 is 2.33 bits per heavy atom. The lowest BCUT2D eigenvalue weighted by Gasteiger charge is -2.27. The number of amides is 1. The number of Topliss-reactive ketones (excluding diaryl/α,β-unsaturated/α-hetero) is 1. The van der Waals surface area contributed by atoms with Crippen molar-refractivity contribution in [2.75, 3.05) is 13.2 Å². The van der Waals surface area contributed by atoms with Crippen LogP contribution in [0.2, 0.25) is 0 Å². The van der Waals surface area contributed by atoms with Gasteiger partial charge in [-0.15, -0.1) is 0 Å². The minimum atomic E-state index is -0.650. The van der Waals surface area contributed by atoms with Gasteiger partial charge < -0.3 is 14.7 Å². The zero-order valence-corrected chi connectivity index (χ0v) is 14.9. The summed E-state index contributed by atoms with van der Waals surface area (Å²) in [6.07, 6.45) is 1.74. The first kappa shape index (κ1) is 17.5. The van der Waals surface area contributed by atoms with Gasteiger partial charge in [-0.3, -0.25) is 9.59 Å². The number of rotatable bonds is 4. The first-order chi connectivity index (χ1) is 13.2. The van der Waals surface area contributed by atoms with Crippen LogP contribution in [0, 0.1) is 0 Å². The highest BCUT2D eigenvalue weighted by Gasteiger charge is 2.46. The number of aliphatic hydroxyl groups is 1. The van der Waals surface area contributed by atoms with E-state index in [1.165, 1.54) is 0 Å². The summed E-state index contributed by atoms with van der Waals surface area (Å²) in [5.41, 5.74) is 1.45. The molecule has 0 aromatic heterocycles. The lowest BCUT2D eigenvalue weighted by molar-refractivity contribution is -0.140. The molecule has 2 fully saturated rings. The quantitative estimate of drug-likeness (QED) is 0.514. The van der Waals surface area contributed by atoms with E-state index in [9.17, 15) is 14.7 Å². The minimum Gasteiger partial charge on any atom is -0.507 e. The van der Waals surface area contributed by atoms with Crippen LogP contribution in [-0.2, 0) is 14.3 Å². The second-order valence-electron chi connectivity index (χ2n) is 6.86. The number of likely N-dealkylation sites (tertiary alicyclic amines) is 1. The van der Waals surface area contributed by atoms with Crippen molar-refractivity contribution in [3.8, 4) is 0 Å². The van der Waals surface area contributed by atoms with E-state index in [4.69, 9.17) is 4.74 Å². The highest BCUT2D eigenvalue weighted by molar-refractivity contribution is 6.46. The standard InChI is InChI=1S/C22H21NO4/c24-20(16-10-5-2-6-11-16)18-19(15-8-3-1-4-9-15)23(22(26)21(18)25)14-17-12-7-13-27-17/h1-6,8-11,17,19,24H,7,12-14H2/b20-18+/t17-,19+/m1/s1. The van der Waals surface area contributed by atoms with Crippen molar-refractivity contribution in [3.05, 3.63) is 77.4 Å². The Hall–Kier alpha value is -2.92. The van der Waals surface area contributed by atoms with Gasteiger partial charge >= 0.3 is 0 Å².